The minimum Gasteiger partial charge on any atom is -0.369 e. The van der Waals surface area contributed by atoms with E-state index in [0.717, 1.165) is 8.45 Å². The number of hydrogen-bond donors (Lipinski definition) is 1. The van der Waals surface area contributed by atoms with Crippen molar-refractivity contribution in [2.75, 3.05) is 0 Å². The first-order valence-electron chi connectivity index (χ1n) is 2.70. The lowest BCUT2D eigenvalue weighted by Crippen LogP contribution is -2.13. The fraction of sp³-hybridized carbons (Fsp3) is 0.167. The second-order valence-corrected chi connectivity index (χ2v) is 4.00. The summed E-state index contributed by atoms with van der Waals surface area (Å²) in [5.41, 5.74) is 5.02. The fourth-order valence-corrected chi connectivity index (χ4v) is 2.38. The largest absolute Gasteiger partial charge is 0.369 e. The van der Waals surface area contributed by atoms with Gasteiger partial charge in [0, 0.05) is 8.45 Å². The molecule has 54 valence electrons. The van der Waals surface area contributed by atoms with Gasteiger partial charge < -0.3 is 5.73 Å². The number of carbonyl (C=O) groups is 1. The van der Waals surface area contributed by atoms with Gasteiger partial charge in [-0.1, -0.05) is 0 Å². The predicted molar refractivity (Wildman–Crippen MR) is 49.9 cm³/mol. The molecule has 0 aromatic carbocycles. The molecule has 0 atom stereocenters. The van der Waals surface area contributed by atoms with Crippen molar-refractivity contribution in [2.24, 2.45) is 5.73 Å². The van der Waals surface area contributed by atoms with Gasteiger partial charge >= 0.3 is 0 Å². The molecule has 10 heavy (non-hydrogen) atoms. The Balaban J connectivity index is 2.74. The van der Waals surface area contributed by atoms with E-state index >= 15 is 0 Å². The van der Waals surface area contributed by atoms with E-state index < -0.39 is 0 Å². The summed E-state index contributed by atoms with van der Waals surface area (Å²) in [6, 6.07) is 1.98. The molecule has 0 aliphatic carbocycles. The van der Waals surface area contributed by atoms with E-state index in [0.29, 0.717) is 6.42 Å². The standard InChI is InChI=1S/C6H6INOS/c7-4-1-2-10-5(4)3-6(8)9/h1-2H,3H2,(H2,8,9). The Hall–Kier alpha value is -0.100. The molecule has 2 N–H and O–H groups in total. The molecule has 2 nitrogen and oxygen atoms in total. The first-order valence-corrected chi connectivity index (χ1v) is 4.66. The Morgan fingerprint density at radius 3 is 2.90 bits per heavy atom. The lowest BCUT2D eigenvalue weighted by Gasteiger charge is -1.90. The number of hydrogen-bond acceptors (Lipinski definition) is 2. The van der Waals surface area contributed by atoms with Crippen molar-refractivity contribution in [3.8, 4) is 0 Å². The summed E-state index contributed by atoms with van der Waals surface area (Å²) in [6.45, 7) is 0. The Bertz CT molecular complexity index is 246. The molecule has 0 unspecified atom stereocenters. The van der Waals surface area contributed by atoms with E-state index in [4.69, 9.17) is 5.73 Å². The van der Waals surface area contributed by atoms with Crippen LogP contribution in [0.25, 0.3) is 0 Å². The third kappa shape index (κ3) is 1.95. The van der Waals surface area contributed by atoms with Crippen LogP contribution in [0.4, 0.5) is 0 Å². The first kappa shape index (κ1) is 8.00. The maximum atomic E-state index is 10.4. The van der Waals surface area contributed by atoms with Gasteiger partial charge in [-0.2, -0.15) is 0 Å². The molecule has 1 heterocycles. The second-order valence-electron chi connectivity index (χ2n) is 1.83. The van der Waals surface area contributed by atoms with Crippen molar-refractivity contribution >= 4 is 39.8 Å². The quantitative estimate of drug-likeness (QED) is 0.808. The van der Waals surface area contributed by atoms with Gasteiger partial charge in [-0.15, -0.1) is 11.3 Å². The van der Waals surface area contributed by atoms with Crippen LogP contribution in [0.2, 0.25) is 0 Å². The molecule has 1 rings (SSSR count). The summed E-state index contributed by atoms with van der Waals surface area (Å²) in [4.78, 5) is 11.5. The van der Waals surface area contributed by atoms with Gasteiger partial charge in [-0.25, -0.2) is 0 Å². The minimum absolute atomic E-state index is 0.264. The molecule has 0 aliphatic heterocycles. The molecule has 1 amide bonds. The number of primary amides is 1. The number of halogens is 1. The van der Waals surface area contributed by atoms with Crippen LogP contribution in [0.3, 0.4) is 0 Å². The van der Waals surface area contributed by atoms with Crippen LogP contribution in [0.15, 0.2) is 11.4 Å². The maximum absolute atomic E-state index is 10.4. The van der Waals surface area contributed by atoms with Crippen LogP contribution in [-0.4, -0.2) is 5.91 Å². The van der Waals surface area contributed by atoms with Crippen molar-refractivity contribution in [3.63, 3.8) is 0 Å². The van der Waals surface area contributed by atoms with Crippen LogP contribution < -0.4 is 5.73 Å². The van der Waals surface area contributed by atoms with Crippen molar-refractivity contribution in [1.29, 1.82) is 0 Å². The van der Waals surface area contributed by atoms with Gasteiger partial charge in [0.25, 0.3) is 0 Å². The van der Waals surface area contributed by atoms with Gasteiger partial charge in [0.05, 0.1) is 6.42 Å². The zero-order valence-corrected chi connectivity index (χ0v) is 8.11. The monoisotopic (exact) mass is 267 g/mol. The minimum atomic E-state index is -0.264. The highest BCUT2D eigenvalue weighted by atomic mass is 127. The summed E-state index contributed by atoms with van der Waals surface area (Å²) in [6.07, 6.45) is 0.371. The molecule has 0 aliphatic rings. The van der Waals surface area contributed by atoms with Crippen LogP contribution in [0.1, 0.15) is 4.88 Å². The molecule has 0 saturated heterocycles. The lowest BCUT2D eigenvalue weighted by molar-refractivity contribution is -0.117. The molecular weight excluding hydrogens is 261 g/mol. The average molecular weight is 267 g/mol. The summed E-state index contributed by atoms with van der Waals surface area (Å²) in [5.74, 6) is -0.264. The van der Waals surface area contributed by atoms with E-state index in [-0.39, 0.29) is 5.91 Å². The molecular formula is C6H6INOS. The highest BCUT2D eigenvalue weighted by molar-refractivity contribution is 14.1. The van der Waals surface area contributed by atoms with Crippen LogP contribution in [-0.2, 0) is 11.2 Å². The molecule has 1 aromatic rings. The highest BCUT2D eigenvalue weighted by Crippen LogP contribution is 2.18. The lowest BCUT2D eigenvalue weighted by atomic mass is 10.3. The topological polar surface area (TPSA) is 43.1 Å². The Morgan fingerprint density at radius 2 is 2.50 bits per heavy atom. The summed E-state index contributed by atoms with van der Waals surface area (Å²) >= 11 is 3.76. The molecule has 0 saturated carbocycles. The van der Waals surface area contributed by atoms with Crippen LogP contribution in [0, 0.1) is 3.57 Å². The van der Waals surface area contributed by atoms with Gasteiger partial charge in [0.1, 0.15) is 0 Å². The summed E-state index contributed by atoms with van der Waals surface area (Å²) in [5, 5.41) is 1.96. The van der Waals surface area contributed by atoms with E-state index in [2.05, 4.69) is 22.6 Å². The van der Waals surface area contributed by atoms with Crippen LogP contribution >= 0.6 is 33.9 Å². The number of rotatable bonds is 2. The molecule has 1 aromatic heterocycles. The van der Waals surface area contributed by atoms with Gasteiger partial charge in [0.15, 0.2) is 0 Å². The predicted octanol–water partition coefficient (Wildman–Crippen LogP) is 1.38. The Kier molecular flexibility index (Phi) is 2.67. The normalized spacial score (nSPS) is 9.70. The third-order valence-corrected chi connectivity index (χ3v) is 3.32. The second kappa shape index (κ2) is 3.34. The molecule has 4 heteroatoms. The molecule has 0 fully saturated rings. The van der Waals surface area contributed by atoms with Crippen molar-refractivity contribution < 1.29 is 4.79 Å². The van der Waals surface area contributed by atoms with E-state index in [1.54, 1.807) is 11.3 Å². The molecule has 0 spiro atoms. The number of nitrogens with two attached hydrogens (primary N) is 1. The zero-order chi connectivity index (χ0) is 7.56. The van der Waals surface area contributed by atoms with Gasteiger partial charge in [0.2, 0.25) is 5.91 Å². The smallest absolute Gasteiger partial charge is 0.222 e. The zero-order valence-electron chi connectivity index (χ0n) is 5.13. The third-order valence-electron chi connectivity index (χ3n) is 1.03. The first-order chi connectivity index (χ1) is 4.70. The fourth-order valence-electron chi connectivity index (χ4n) is 0.609. The van der Waals surface area contributed by atoms with Crippen LogP contribution in [0.5, 0.6) is 0 Å². The van der Waals surface area contributed by atoms with E-state index in [9.17, 15) is 4.79 Å². The summed E-state index contributed by atoms with van der Waals surface area (Å²) < 4.78 is 1.13. The number of carbonyl (C=O) groups excluding carboxylic acids is 1. The van der Waals surface area contributed by atoms with E-state index in [1.165, 1.54) is 0 Å². The summed E-state index contributed by atoms with van der Waals surface area (Å²) in [7, 11) is 0. The van der Waals surface area contributed by atoms with Crippen molar-refractivity contribution in [2.45, 2.75) is 6.42 Å². The van der Waals surface area contributed by atoms with Gasteiger partial charge in [-0.3, -0.25) is 4.79 Å². The highest BCUT2D eigenvalue weighted by Gasteiger charge is 2.03. The average Bonchev–Trinajstić information content (AvgIpc) is 2.15. The van der Waals surface area contributed by atoms with E-state index in [1.807, 2.05) is 11.4 Å². The maximum Gasteiger partial charge on any atom is 0.222 e. The van der Waals surface area contributed by atoms with Crippen molar-refractivity contribution in [1.82, 2.24) is 0 Å². The molecule has 0 bridgehead atoms. The number of thiophene rings is 1. The van der Waals surface area contributed by atoms with Crippen molar-refractivity contribution in [3.05, 3.63) is 19.9 Å². The van der Waals surface area contributed by atoms with Gasteiger partial charge in [-0.05, 0) is 34.0 Å². The Morgan fingerprint density at radius 1 is 1.80 bits per heavy atom. The molecule has 0 radical (unpaired) electrons. The number of amides is 1. The SMILES string of the molecule is NC(=O)Cc1sccc1I. The Labute approximate surface area is 76.6 Å².